The number of hydrogen-bond acceptors (Lipinski definition) is 3. The van der Waals surface area contributed by atoms with Crippen LogP contribution < -0.4 is 7.63 Å². The molecule has 0 spiro atoms. The zero-order valence-corrected chi connectivity index (χ0v) is 44.0. The van der Waals surface area contributed by atoms with Gasteiger partial charge < -0.3 is 0 Å². The molecule has 4 unspecified atom stereocenters. The van der Waals surface area contributed by atoms with Gasteiger partial charge in [-0.25, -0.2) is 0 Å². The normalized spacial score (nSPS) is 17.9. The maximum atomic E-state index is 7.59. The van der Waals surface area contributed by atoms with Crippen LogP contribution in [0.3, 0.4) is 0 Å². The molecule has 0 aliphatic carbocycles. The number of fused-ring (bicyclic) bond motifs is 3. The molecule has 0 bridgehead atoms. The van der Waals surface area contributed by atoms with Crippen LogP contribution in [-0.4, -0.2) is 18.4 Å². The molecule has 3 rings (SSSR count). The van der Waals surface area contributed by atoms with E-state index in [1.54, 1.807) is 23.8 Å². The fourth-order valence-corrected chi connectivity index (χ4v) is 31.3. The van der Waals surface area contributed by atoms with E-state index in [1.807, 2.05) is 14.2 Å². The molecule has 2 aromatic heterocycles. The minimum absolute atomic E-state index is 0.181. The Morgan fingerprint density at radius 2 is 0.929 bits per heavy atom. The second-order valence-corrected chi connectivity index (χ2v) is 37.1. The molecule has 0 aromatic carbocycles. The number of aryl methyl sites for hydroxylation is 1. The average molecular weight is 918 g/mol. The molecule has 1 aliphatic rings. The van der Waals surface area contributed by atoms with Crippen molar-refractivity contribution < 1.29 is 4.74 Å². The third-order valence-electron chi connectivity index (χ3n) is 13.9. The van der Waals surface area contributed by atoms with Gasteiger partial charge in [-0.15, -0.1) is 0 Å². The molecule has 3 heterocycles. The summed E-state index contributed by atoms with van der Waals surface area (Å²) in [5.41, 5.74) is 1.45. The summed E-state index contributed by atoms with van der Waals surface area (Å²) < 4.78 is 14.1. The molecule has 1 nitrogen and oxygen atoms in total. The van der Waals surface area contributed by atoms with Crippen molar-refractivity contribution in [3.8, 4) is 15.5 Å². The van der Waals surface area contributed by atoms with Crippen LogP contribution in [-0.2, 0) is 5.60 Å². The van der Waals surface area contributed by atoms with Gasteiger partial charge in [-0.3, -0.25) is 0 Å². The van der Waals surface area contributed by atoms with Crippen LogP contribution in [0.5, 0.6) is 5.75 Å². The number of thiophene rings is 2. The number of ether oxygens (including phenoxy) is 1. The summed E-state index contributed by atoms with van der Waals surface area (Å²) >= 11 is 1.67. The van der Waals surface area contributed by atoms with Crippen molar-refractivity contribution >= 4 is 43.9 Å². The second-order valence-electron chi connectivity index (χ2n) is 20.6. The van der Waals surface area contributed by atoms with Gasteiger partial charge in [-0.05, 0) is 11.8 Å². The first-order valence-electron chi connectivity index (χ1n) is 24.7. The average Bonchev–Trinajstić information content (AvgIpc) is 3.77. The fourth-order valence-electron chi connectivity index (χ4n) is 9.85. The maximum absolute atomic E-state index is 7.59. The van der Waals surface area contributed by atoms with Gasteiger partial charge in [0.2, 0.25) is 0 Å². The number of hydrogen-bond donors (Lipinski definition) is 0. The number of unbranched alkanes of at least 4 members (excludes halogenated alkanes) is 3. The smallest absolute Gasteiger partial charge is 0.0628 e. The quantitative estimate of drug-likeness (QED) is 0.0665. The Balaban J connectivity index is 1.91. The fraction of sp³-hybridized carbons (Fsp3) is 0.846. The summed E-state index contributed by atoms with van der Waals surface area (Å²) in [6, 6.07) is 5.27. The number of rotatable bonds is 32. The van der Waals surface area contributed by atoms with Gasteiger partial charge in [0, 0.05) is 0 Å². The second kappa shape index (κ2) is 26.4. The van der Waals surface area contributed by atoms with Crippen LogP contribution >= 0.6 is 22.7 Å². The van der Waals surface area contributed by atoms with E-state index < -0.39 is 18.4 Å². The van der Waals surface area contributed by atoms with E-state index in [1.165, 1.54) is 157 Å². The minimum atomic E-state index is -2.63. The predicted octanol–water partition coefficient (Wildman–Crippen LogP) is 18.5. The molecule has 4 heteroatoms. The van der Waals surface area contributed by atoms with Crippen LogP contribution in [0.4, 0.5) is 0 Å². The predicted molar refractivity (Wildman–Crippen MR) is 259 cm³/mol. The van der Waals surface area contributed by atoms with Crippen LogP contribution in [0.1, 0.15) is 228 Å². The Morgan fingerprint density at radius 3 is 1.34 bits per heavy atom. The van der Waals surface area contributed by atoms with E-state index in [0.717, 1.165) is 35.5 Å². The van der Waals surface area contributed by atoms with Crippen LogP contribution in [0.2, 0.25) is 13.3 Å². The third-order valence-corrected chi connectivity index (χ3v) is 34.5. The summed E-state index contributed by atoms with van der Waals surface area (Å²) in [5, 5.41) is 0. The van der Waals surface area contributed by atoms with Crippen molar-refractivity contribution in [3.05, 3.63) is 22.6 Å². The molecule has 0 saturated carbocycles. The summed E-state index contributed by atoms with van der Waals surface area (Å²) in [5.74, 6) is 6.12. The summed E-state index contributed by atoms with van der Waals surface area (Å²) in [6.07, 6.45) is 29.9. The Kier molecular flexibility index (Phi) is 23.7. The van der Waals surface area contributed by atoms with Gasteiger partial charge in [-0.2, -0.15) is 0 Å². The summed E-state index contributed by atoms with van der Waals surface area (Å²) in [7, 11) is 0. The van der Waals surface area contributed by atoms with Crippen LogP contribution in [0, 0.1) is 42.4 Å². The molecule has 4 atom stereocenters. The molecule has 1 aliphatic heterocycles. The first-order valence-corrected chi connectivity index (χ1v) is 33.8. The van der Waals surface area contributed by atoms with Crippen molar-refractivity contribution in [2.45, 2.75) is 243 Å². The van der Waals surface area contributed by atoms with Gasteiger partial charge in [0.1, 0.15) is 0 Å². The van der Waals surface area contributed by atoms with E-state index in [2.05, 4.69) is 107 Å². The molecule has 0 fully saturated rings. The first kappa shape index (κ1) is 50.4. The molecule has 324 valence electrons. The van der Waals surface area contributed by atoms with Crippen LogP contribution in [0.25, 0.3) is 9.75 Å². The Morgan fingerprint density at radius 1 is 0.518 bits per heavy atom. The van der Waals surface area contributed by atoms with Gasteiger partial charge in [0.15, 0.2) is 0 Å². The van der Waals surface area contributed by atoms with Gasteiger partial charge in [-0.1, -0.05) is 53.4 Å². The monoisotopic (exact) mass is 919 g/mol. The van der Waals surface area contributed by atoms with E-state index >= 15 is 0 Å². The van der Waals surface area contributed by atoms with Gasteiger partial charge in [0.05, 0.1) is 0 Å². The Labute approximate surface area is 363 Å². The van der Waals surface area contributed by atoms with Crippen molar-refractivity contribution in [2.24, 2.45) is 35.5 Å². The standard InChI is InChI=1S/C40H67OS2.3C4H9.Sn/c1-29(2)14-10-16-31(5)18-12-20-33(7)22-25-40(26-23-34(8)21-13-19-32(6)17-11-15-30(3)4)36-24-27-42-38(36)39-37(41-40)28-35(9)43-39;3*1-3-4-2;/h24,28-34H,10-23,25-26H2,1-9H3;3*1,3-4H2,2H3;. The SMILES string of the molecule is CCC[CH2][Sn]([CH2]CCC)([CH2]CCC)[c]1cc2c(s1)-c1sc(C)cc1OC2(CCC(C)CCCC(C)CCCC(C)C)CCC(C)CCCC(C)CCCC(C)C. The van der Waals surface area contributed by atoms with Crippen molar-refractivity contribution in [1.29, 1.82) is 0 Å². The van der Waals surface area contributed by atoms with Crippen molar-refractivity contribution in [2.75, 3.05) is 0 Å². The van der Waals surface area contributed by atoms with Crippen molar-refractivity contribution in [1.82, 2.24) is 0 Å². The third kappa shape index (κ3) is 16.5. The minimum Gasteiger partial charge on any atom is -0.0628 e. The topological polar surface area (TPSA) is 9.23 Å². The van der Waals surface area contributed by atoms with E-state index in [4.69, 9.17) is 4.74 Å². The van der Waals surface area contributed by atoms with Gasteiger partial charge >= 0.3 is 300 Å². The first-order chi connectivity index (χ1) is 26.8. The Bertz CT molecular complexity index is 1260. The summed E-state index contributed by atoms with van der Waals surface area (Å²) in [4.78, 5) is 4.51. The Hall–Kier alpha value is -0.00130. The van der Waals surface area contributed by atoms with Crippen molar-refractivity contribution in [3.63, 3.8) is 0 Å². The van der Waals surface area contributed by atoms with Gasteiger partial charge in [0.25, 0.3) is 0 Å². The molecular weight excluding hydrogens is 823 g/mol. The molecule has 0 radical (unpaired) electrons. The van der Waals surface area contributed by atoms with Crippen LogP contribution in [0.15, 0.2) is 12.1 Å². The van der Waals surface area contributed by atoms with E-state index in [0.29, 0.717) is 0 Å². The molecule has 0 saturated heterocycles. The summed E-state index contributed by atoms with van der Waals surface area (Å²) in [6.45, 7) is 29.2. The molecule has 0 N–H and O–H groups in total. The molecule has 0 amide bonds. The zero-order valence-electron chi connectivity index (χ0n) is 39.5. The zero-order chi connectivity index (χ0) is 41.1. The molecule has 2 aromatic rings. The molecular formula is C52H94OS2Sn. The van der Waals surface area contributed by atoms with E-state index in [9.17, 15) is 0 Å². The van der Waals surface area contributed by atoms with E-state index in [-0.39, 0.29) is 5.60 Å². The molecule has 56 heavy (non-hydrogen) atoms.